The minimum absolute atomic E-state index is 0.193. The summed E-state index contributed by atoms with van der Waals surface area (Å²) in [6.07, 6.45) is 13.2. The molecule has 1 N–H and O–H groups in total. The molecule has 3 aliphatic rings. The van der Waals surface area contributed by atoms with Crippen LogP contribution in [0.25, 0.3) is 0 Å². The van der Waals surface area contributed by atoms with Gasteiger partial charge >= 0.3 is 0 Å². The summed E-state index contributed by atoms with van der Waals surface area (Å²) in [4.78, 5) is 29.8. The van der Waals surface area contributed by atoms with Crippen molar-refractivity contribution in [3.05, 3.63) is 35.9 Å². The lowest BCUT2D eigenvalue weighted by atomic mass is 9.87. The molecule has 2 amide bonds. The van der Waals surface area contributed by atoms with E-state index in [0.717, 1.165) is 64.2 Å². The lowest BCUT2D eigenvalue weighted by Crippen LogP contribution is -2.43. The van der Waals surface area contributed by atoms with Gasteiger partial charge in [-0.05, 0) is 88.4 Å². The number of carbonyl (C=O) groups is 2. The molecule has 0 spiro atoms. The maximum atomic E-state index is 12.7. The third kappa shape index (κ3) is 7.83. The SMILES string of the molecule is O=C(CC1CCN(C(=O)C2CCCCC2)CC1)NCCCN1CCC(Cc2ccccc2)CC1. The number of amides is 2. The van der Waals surface area contributed by atoms with Crippen molar-refractivity contribution in [1.29, 1.82) is 0 Å². The van der Waals surface area contributed by atoms with Crippen LogP contribution in [0.2, 0.25) is 0 Å². The van der Waals surface area contributed by atoms with Gasteiger partial charge in [-0.25, -0.2) is 0 Å². The fourth-order valence-corrected chi connectivity index (χ4v) is 6.19. The van der Waals surface area contributed by atoms with Crippen LogP contribution in [0.5, 0.6) is 0 Å². The molecular weight excluding hydrogens is 422 g/mol. The van der Waals surface area contributed by atoms with Gasteiger partial charge in [0.1, 0.15) is 0 Å². The van der Waals surface area contributed by atoms with E-state index in [0.29, 0.717) is 18.2 Å². The summed E-state index contributed by atoms with van der Waals surface area (Å²) in [5.74, 6) is 2.08. The van der Waals surface area contributed by atoms with Crippen molar-refractivity contribution in [3.63, 3.8) is 0 Å². The van der Waals surface area contributed by atoms with E-state index in [2.05, 4.69) is 45.4 Å². The Hall–Kier alpha value is -1.88. The van der Waals surface area contributed by atoms with E-state index in [4.69, 9.17) is 0 Å². The number of piperidine rings is 2. The molecule has 34 heavy (non-hydrogen) atoms. The predicted molar refractivity (Wildman–Crippen MR) is 137 cm³/mol. The smallest absolute Gasteiger partial charge is 0.225 e. The van der Waals surface area contributed by atoms with Crippen LogP contribution in [0.15, 0.2) is 30.3 Å². The third-order valence-electron chi connectivity index (χ3n) is 8.40. The van der Waals surface area contributed by atoms with Gasteiger partial charge in [0.2, 0.25) is 11.8 Å². The van der Waals surface area contributed by atoms with E-state index >= 15 is 0 Å². The van der Waals surface area contributed by atoms with Crippen molar-refractivity contribution in [3.8, 4) is 0 Å². The average molecular weight is 468 g/mol. The van der Waals surface area contributed by atoms with E-state index in [1.54, 1.807) is 0 Å². The molecule has 5 nitrogen and oxygen atoms in total. The summed E-state index contributed by atoms with van der Waals surface area (Å²) in [5.41, 5.74) is 1.46. The normalized spacial score (nSPS) is 21.5. The highest BCUT2D eigenvalue weighted by molar-refractivity contribution is 5.79. The van der Waals surface area contributed by atoms with Crippen LogP contribution in [0, 0.1) is 17.8 Å². The number of hydrogen-bond acceptors (Lipinski definition) is 3. The first kappa shape index (κ1) is 25.2. The molecule has 1 aromatic rings. The molecule has 2 aliphatic heterocycles. The van der Waals surface area contributed by atoms with Gasteiger partial charge in [-0.2, -0.15) is 0 Å². The van der Waals surface area contributed by atoms with E-state index in [1.807, 2.05) is 0 Å². The van der Waals surface area contributed by atoms with Crippen LogP contribution in [0.4, 0.5) is 0 Å². The van der Waals surface area contributed by atoms with E-state index in [1.165, 1.54) is 57.2 Å². The van der Waals surface area contributed by atoms with Crippen molar-refractivity contribution in [2.24, 2.45) is 17.8 Å². The number of benzene rings is 1. The highest BCUT2D eigenvalue weighted by atomic mass is 16.2. The Bertz CT molecular complexity index is 746. The molecule has 0 radical (unpaired) electrons. The van der Waals surface area contributed by atoms with Gasteiger partial charge in [-0.15, -0.1) is 0 Å². The number of carbonyl (C=O) groups excluding carboxylic acids is 2. The van der Waals surface area contributed by atoms with Gasteiger partial charge in [0, 0.05) is 32.0 Å². The summed E-state index contributed by atoms with van der Waals surface area (Å²) in [6.45, 7) is 5.91. The Labute approximate surface area is 206 Å². The fraction of sp³-hybridized carbons (Fsp3) is 0.724. The largest absolute Gasteiger partial charge is 0.356 e. The van der Waals surface area contributed by atoms with Crippen molar-refractivity contribution < 1.29 is 9.59 Å². The maximum absolute atomic E-state index is 12.7. The average Bonchev–Trinajstić information content (AvgIpc) is 2.89. The fourth-order valence-electron chi connectivity index (χ4n) is 6.19. The predicted octanol–water partition coefficient (Wildman–Crippen LogP) is 4.66. The molecule has 0 atom stereocenters. The number of likely N-dealkylation sites (tertiary alicyclic amines) is 2. The number of rotatable bonds is 9. The number of nitrogens with one attached hydrogen (secondary N) is 1. The van der Waals surface area contributed by atoms with E-state index in [-0.39, 0.29) is 11.8 Å². The maximum Gasteiger partial charge on any atom is 0.225 e. The van der Waals surface area contributed by atoms with Crippen molar-refractivity contribution >= 4 is 11.8 Å². The highest BCUT2D eigenvalue weighted by Crippen LogP contribution is 2.28. The minimum atomic E-state index is 0.193. The zero-order valence-electron chi connectivity index (χ0n) is 21.1. The first-order valence-electron chi connectivity index (χ1n) is 14.0. The second-order valence-corrected chi connectivity index (χ2v) is 11.0. The molecule has 2 saturated heterocycles. The summed E-state index contributed by atoms with van der Waals surface area (Å²) >= 11 is 0. The minimum Gasteiger partial charge on any atom is -0.356 e. The molecule has 2 heterocycles. The van der Waals surface area contributed by atoms with Crippen LogP contribution in [-0.2, 0) is 16.0 Å². The Kier molecular flexibility index (Phi) is 9.85. The second-order valence-electron chi connectivity index (χ2n) is 11.0. The molecule has 0 aromatic heterocycles. The quantitative estimate of drug-likeness (QED) is 0.538. The lowest BCUT2D eigenvalue weighted by molar-refractivity contribution is -0.138. The van der Waals surface area contributed by atoms with Crippen LogP contribution >= 0.6 is 0 Å². The number of hydrogen-bond donors (Lipinski definition) is 1. The molecule has 5 heteroatoms. The van der Waals surface area contributed by atoms with Crippen molar-refractivity contribution in [2.45, 2.75) is 77.0 Å². The first-order chi connectivity index (χ1) is 16.7. The van der Waals surface area contributed by atoms with Gasteiger partial charge in [-0.1, -0.05) is 49.6 Å². The van der Waals surface area contributed by atoms with Crippen molar-refractivity contribution in [1.82, 2.24) is 15.1 Å². The van der Waals surface area contributed by atoms with Gasteiger partial charge in [0.05, 0.1) is 0 Å². The van der Waals surface area contributed by atoms with Crippen LogP contribution < -0.4 is 5.32 Å². The Morgan fingerprint density at radius 3 is 2.21 bits per heavy atom. The Morgan fingerprint density at radius 2 is 1.50 bits per heavy atom. The van der Waals surface area contributed by atoms with E-state index < -0.39 is 0 Å². The molecule has 3 fully saturated rings. The van der Waals surface area contributed by atoms with Crippen molar-refractivity contribution in [2.75, 3.05) is 39.3 Å². The van der Waals surface area contributed by atoms with Gasteiger partial charge < -0.3 is 15.1 Å². The molecule has 1 saturated carbocycles. The van der Waals surface area contributed by atoms with Crippen LogP contribution in [-0.4, -0.2) is 60.9 Å². The van der Waals surface area contributed by atoms with Gasteiger partial charge in [-0.3, -0.25) is 9.59 Å². The molecule has 188 valence electrons. The monoisotopic (exact) mass is 467 g/mol. The zero-order valence-corrected chi connectivity index (χ0v) is 21.1. The molecule has 4 rings (SSSR count). The molecule has 0 bridgehead atoms. The summed E-state index contributed by atoms with van der Waals surface area (Å²) in [7, 11) is 0. The topological polar surface area (TPSA) is 52.7 Å². The van der Waals surface area contributed by atoms with Crippen LogP contribution in [0.1, 0.15) is 76.2 Å². The summed E-state index contributed by atoms with van der Waals surface area (Å²) < 4.78 is 0. The highest BCUT2D eigenvalue weighted by Gasteiger charge is 2.29. The third-order valence-corrected chi connectivity index (χ3v) is 8.40. The Balaban J connectivity index is 1.03. The molecule has 1 aromatic carbocycles. The second kappa shape index (κ2) is 13.3. The van der Waals surface area contributed by atoms with E-state index in [9.17, 15) is 9.59 Å². The molecule has 0 unspecified atom stereocenters. The summed E-state index contributed by atoms with van der Waals surface area (Å²) in [5, 5.41) is 3.15. The van der Waals surface area contributed by atoms with Crippen LogP contribution in [0.3, 0.4) is 0 Å². The molecular formula is C29H45N3O2. The Morgan fingerprint density at radius 1 is 0.824 bits per heavy atom. The van der Waals surface area contributed by atoms with Gasteiger partial charge in [0.25, 0.3) is 0 Å². The molecule has 1 aliphatic carbocycles. The first-order valence-corrected chi connectivity index (χ1v) is 14.0. The number of nitrogens with zero attached hydrogens (tertiary/aromatic N) is 2. The standard InChI is InChI=1S/C29H45N3O2/c33-28(23-26-14-20-32(21-15-26)29(34)27-10-5-2-6-11-27)30-16-7-17-31-18-12-25(13-19-31)22-24-8-3-1-4-9-24/h1,3-4,8-9,25-27H,2,5-7,10-23H2,(H,30,33). The lowest BCUT2D eigenvalue weighted by Gasteiger charge is -2.35. The summed E-state index contributed by atoms with van der Waals surface area (Å²) in [6, 6.07) is 10.9. The van der Waals surface area contributed by atoms with Gasteiger partial charge in [0.15, 0.2) is 0 Å². The zero-order chi connectivity index (χ0) is 23.6.